The third-order valence-electron chi connectivity index (χ3n) is 3.56. The zero-order valence-electron chi connectivity index (χ0n) is 11.1. The Morgan fingerprint density at radius 3 is 2.79 bits per heavy atom. The van der Waals surface area contributed by atoms with E-state index in [2.05, 4.69) is 5.32 Å². The molecule has 2 rings (SSSR count). The average Bonchev–Trinajstić information content (AvgIpc) is 2.41. The van der Waals surface area contributed by atoms with Crippen molar-refractivity contribution >= 4 is 22.9 Å². The van der Waals surface area contributed by atoms with Crippen LogP contribution < -0.4 is 15.8 Å². The van der Waals surface area contributed by atoms with E-state index in [4.69, 9.17) is 22.7 Å². The van der Waals surface area contributed by atoms with Gasteiger partial charge < -0.3 is 20.9 Å². The van der Waals surface area contributed by atoms with Crippen molar-refractivity contribution in [2.45, 2.75) is 37.8 Å². The number of anilines is 1. The minimum atomic E-state index is -0.320. The van der Waals surface area contributed by atoms with E-state index in [9.17, 15) is 5.11 Å². The molecule has 2 atom stereocenters. The third kappa shape index (κ3) is 3.36. The molecule has 2 unspecified atom stereocenters. The van der Waals surface area contributed by atoms with Crippen LogP contribution in [0.4, 0.5) is 5.69 Å². The molecule has 0 spiro atoms. The highest BCUT2D eigenvalue weighted by Crippen LogP contribution is 2.27. The van der Waals surface area contributed by atoms with E-state index in [0.717, 1.165) is 42.7 Å². The molecule has 0 bridgehead atoms. The SMILES string of the molecule is COc1ccc(C(N)=S)c(NC2CCCCC2O)c1. The van der Waals surface area contributed by atoms with Gasteiger partial charge in [0.2, 0.25) is 0 Å². The average molecular weight is 280 g/mol. The molecule has 1 aromatic carbocycles. The zero-order chi connectivity index (χ0) is 13.8. The molecule has 5 heteroatoms. The van der Waals surface area contributed by atoms with Crippen LogP contribution in [0.1, 0.15) is 31.2 Å². The van der Waals surface area contributed by atoms with E-state index in [1.807, 2.05) is 18.2 Å². The van der Waals surface area contributed by atoms with E-state index < -0.39 is 0 Å². The van der Waals surface area contributed by atoms with Crippen molar-refractivity contribution in [1.82, 2.24) is 0 Å². The lowest BCUT2D eigenvalue weighted by molar-refractivity contribution is 0.116. The number of hydrogen-bond acceptors (Lipinski definition) is 4. The fraction of sp³-hybridized carbons (Fsp3) is 0.500. The normalized spacial score (nSPS) is 22.8. The monoisotopic (exact) mass is 280 g/mol. The molecule has 1 aliphatic carbocycles. The summed E-state index contributed by atoms with van der Waals surface area (Å²) in [7, 11) is 1.62. The second-order valence-electron chi connectivity index (χ2n) is 4.88. The number of thiocarbonyl (C=S) groups is 1. The Morgan fingerprint density at radius 1 is 1.42 bits per heavy atom. The van der Waals surface area contributed by atoms with Gasteiger partial charge in [-0.15, -0.1) is 0 Å². The molecule has 1 aromatic rings. The Bertz CT molecular complexity index is 465. The van der Waals surface area contributed by atoms with Crippen LogP contribution in [0, 0.1) is 0 Å². The Balaban J connectivity index is 2.23. The first-order chi connectivity index (χ1) is 9.11. The van der Waals surface area contributed by atoms with E-state index in [-0.39, 0.29) is 12.1 Å². The van der Waals surface area contributed by atoms with Crippen molar-refractivity contribution in [3.05, 3.63) is 23.8 Å². The molecule has 1 aliphatic rings. The minimum Gasteiger partial charge on any atom is -0.497 e. The Labute approximate surface area is 119 Å². The van der Waals surface area contributed by atoms with E-state index in [0.29, 0.717) is 4.99 Å². The number of rotatable bonds is 4. The standard InChI is InChI=1S/C14H20N2O2S/c1-18-9-6-7-10(14(15)19)12(8-9)16-11-4-2-3-5-13(11)17/h6-8,11,13,16-17H,2-5H2,1H3,(H2,15,19). The third-order valence-corrected chi connectivity index (χ3v) is 3.78. The highest BCUT2D eigenvalue weighted by Gasteiger charge is 2.23. The Hall–Kier alpha value is -1.33. The quantitative estimate of drug-likeness (QED) is 0.737. The summed E-state index contributed by atoms with van der Waals surface area (Å²) in [5.41, 5.74) is 7.35. The fourth-order valence-corrected chi connectivity index (χ4v) is 2.64. The second kappa shape index (κ2) is 6.21. The molecule has 1 saturated carbocycles. The molecule has 0 aromatic heterocycles. The highest BCUT2D eigenvalue weighted by atomic mass is 32.1. The lowest BCUT2D eigenvalue weighted by Crippen LogP contribution is -2.36. The summed E-state index contributed by atoms with van der Waals surface area (Å²) in [6.07, 6.45) is 3.68. The number of hydrogen-bond donors (Lipinski definition) is 3. The predicted molar refractivity (Wildman–Crippen MR) is 80.8 cm³/mol. The van der Waals surface area contributed by atoms with Crippen LogP contribution in [0.2, 0.25) is 0 Å². The maximum absolute atomic E-state index is 10.0. The van der Waals surface area contributed by atoms with Gasteiger partial charge >= 0.3 is 0 Å². The van der Waals surface area contributed by atoms with E-state index in [1.54, 1.807) is 7.11 Å². The van der Waals surface area contributed by atoms with Gasteiger partial charge in [0, 0.05) is 17.3 Å². The second-order valence-corrected chi connectivity index (χ2v) is 5.32. The predicted octanol–water partition coefficient (Wildman–Crippen LogP) is 2.04. The summed E-state index contributed by atoms with van der Waals surface area (Å²) in [4.78, 5) is 0.343. The number of aliphatic hydroxyl groups is 1. The summed E-state index contributed by atoms with van der Waals surface area (Å²) in [6, 6.07) is 5.60. The maximum Gasteiger partial charge on any atom is 0.120 e. The van der Waals surface area contributed by atoms with Crippen LogP contribution >= 0.6 is 12.2 Å². The molecular formula is C14H20N2O2S. The number of nitrogens with two attached hydrogens (primary N) is 1. The molecule has 0 heterocycles. The first-order valence-corrected chi connectivity index (χ1v) is 6.95. The summed E-state index contributed by atoms with van der Waals surface area (Å²) >= 11 is 5.06. The van der Waals surface area contributed by atoms with Gasteiger partial charge in [0.05, 0.1) is 19.3 Å². The lowest BCUT2D eigenvalue weighted by atomic mass is 9.92. The van der Waals surface area contributed by atoms with Gasteiger partial charge in [-0.2, -0.15) is 0 Å². The number of ether oxygens (including phenoxy) is 1. The minimum absolute atomic E-state index is 0.0500. The Kier molecular flexibility index (Phi) is 4.61. The van der Waals surface area contributed by atoms with Gasteiger partial charge in [-0.1, -0.05) is 25.1 Å². The van der Waals surface area contributed by atoms with Crippen molar-refractivity contribution in [2.75, 3.05) is 12.4 Å². The maximum atomic E-state index is 10.0. The first-order valence-electron chi connectivity index (χ1n) is 6.54. The Morgan fingerprint density at radius 2 is 2.16 bits per heavy atom. The van der Waals surface area contributed by atoms with Crippen molar-refractivity contribution in [3.8, 4) is 5.75 Å². The molecule has 19 heavy (non-hydrogen) atoms. The number of methoxy groups -OCH3 is 1. The van der Waals surface area contributed by atoms with Crippen LogP contribution in [-0.2, 0) is 0 Å². The van der Waals surface area contributed by atoms with Crippen LogP contribution in [0.25, 0.3) is 0 Å². The van der Waals surface area contributed by atoms with Gasteiger partial charge in [0.25, 0.3) is 0 Å². The van der Waals surface area contributed by atoms with E-state index in [1.165, 1.54) is 0 Å². The first kappa shape index (κ1) is 14.1. The van der Waals surface area contributed by atoms with Gasteiger partial charge in [-0.3, -0.25) is 0 Å². The fourth-order valence-electron chi connectivity index (χ4n) is 2.46. The van der Waals surface area contributed by atoms with Crippen molar-refractivity contribution in [3.63, 3.8) is 0 Å². The van der Waals surface area contributed by atoms with Gasteiger partial charge in [-0.25, -0.2) is 0 Å². The number of aliphatic hydroxyl groups excluding tert-OH is 1. The molecule has 0 radical (unpaired) electrons. The molecule has 0 amide bonds. The van der Waals surface area contributed by atoms with Crippen LogP contribution in [0.3, 0.4) is 0 Å². The molecule has 0 aliphatic heterocycles. The van der Waals surface area contributed by atoms with Gasteiger partial charge in [-0.05, 0) is 25.0 Å². The van der Waals surface area contributed by atoms with Crippen molar-refractivity contribution in [2.24, 2.45) is 5.73 Å². The molecule has 0 saturated heterocycles. The number of nitrogens with one attached hydrogen (secondary N) is 1. The summed E-state index contributed by atoms with van der Waals surface area (Å²) in [6.45, 7) is 0. The van der Waals surface area contributed by atoms with Crippen molar-refractivity contribution in [1.29, 1.82) is 0 Å². The smallest absolute Gasteiger partial charge is 0.120 e. The highest BCUT2D eigenvalue weighted by molar-refractivity contribution is 7.80. The summed E-state index contributed by atoms with van der Waals surface area (Å²) < 4.78 is 5.22. The zero-order valence-corrected chi connectivity index (χ0v) is 11.9. The molecule has 104 valence electrons. The molecule has 1 fully saturated rings. The van der Waals surface area contributed by atoms with E-state index >= 15 is 0 Å². The topological polar surface area (TPSA) is 67.5 Å². The van der Waals surface area contributed by atoms with Crippen LogP contribution in [-0.4, -0.2) is 29.4 Å². The van der Waals surface area contributed by atoms with Crippen LogP contribution in [0.15, 0.2) is 18.2 Å². The molecule has 4 N–H and O–H groups in total. The summed E-state index contributed by atoms with van der Waals surface area (Å²) in [5, 5.41) is 13.4. The lowest BCUT2D eigenvalue weighted by Gasteiger charge is -2.30. The molecule has 4 nitrogen and oxygen atoms in total. The summed E-state index contributed by atoms with van der Waals surface area (Å²) in [5.74, 6) is 0.743. The largest absolute Gasteiger partial charge is 0.497 e. The van der Waals surface area contributed by atoms with Crippen LogP contribution in [0.5, 0.6) is 5.75 Å². The number of benzene rings is 1. The van der Waals surface area contributed by atoms with Gasteiger partial charge in [0.15, 0.2) is 0 Å². The van der Waals surface area contributed by atoms with Crippen molar-refractivity contribution < 1.29 is 9.84 Å². The molecular weight excluding hydrogens is 260 g/mol. The van der Waals surface area contributed by atoms with Gasteiger partial charge in [0.1, 0.15) is 10.7 Å².